The highest BCUT2D eigenvalue weighted by atomic mass is 32.1. The number of carbonyl (C=O) groups excluding carboxylic acids is 1. The van der Waals surface area contributed by atoms with E-state index in [0.29, 0.717) is 13.0 Å². The lowest BCUT2D eigenvalue weighted by Gasteiger charge is -2.26. The smallest absolute Gasteiger partial charge is 0.222 e. The molecule has 1 aromatic carbocycles. The Hall–Kier alpha value is -3.30. The van der Waals surface area contributed by atoms with Crippen molar-refractivity contribution in [2.45, 2.75) is 38.5 Å². The second-order valence-electron chi connectivity index (χ2n) is 9.65. The van der Waals surface area contributed by atoms with Crippen LogP contribution in [-0.4, -0.2) is 68.4 Å². The lowest BCUT2D eigenvalue weighted by molar-refractivity contribution is -0.130. The maximum Gasteiger partial charge on any atom is 0.222 e. The molecule has 36 heavy (non-hydrogen) atoms. The minimum Gasteiger partial charge on any atom is -0.340 e. The number of H-pyrrole nitrogens is 1. The van der Waals surface area contributed by atoms with Crippen molar-refractivity contribution in [3.05, 3.63) is 47.9 Å². The minimum atomic E-state index is 0.277. The van der Waals surface area contributed by atoms with E-state index >= 15 is 0 Å². The van der Waals surface area contributed by atoms with E-state index in [9.17, 15) is 4.79 Å². The van der Waals surface area contributed by atoms with E-state index in [1.165, 1.54) is 31.5 Å². The number of anilines is 2. The fourth-order valence-corrected chi connectivity index (χ4v) is 5.91. The van der Waals surface area contributed by atoms with Gasteiger partial charge < -0.3 is 20.1 Å². The molecule has 0 spiro atoms. The number of likely N-dealkylation sites (tertiary alicyclic amines) is 1. The highest BCUT2D eigenvalue weighted by molar-refractivity contribution is 7.16. The average Bonchev–Trinajstić information content (AvgIpc) is 3.67. The number of nitrogens with one attached hydrogen (secondary N) is 2. The summed E-state index contributed by atoms with van der Waals surface area (Å²) in [7, 11) is 0. The molecule has 3 aromatic heterocycles. The first-order valence-corrected chi connectivity index (χ1v) is 13.7. The van der Waals surface area contributed by atoms with Gasteiger partial charge in [-0.05, 0) is 81.6 Å². The SMILES string of the molecule is O=C(CCCCN1CCCC1)N1CC=C(c2cc3c(Nc4ccc5ncsc5c4)ncnc3[nH]2)CC1. The minimum absolute atomic E-state index is 0.277. The molecule has 5 heterocycles. The van der Waals surface area contributed by atoms with E-state index in [2.05, 4.69) is 48.4 Å². The largest absolute Gasteiger partial charge is 0.340 e. The Morgan fingerprint density at radius 1 is 1.08 bits per heavy atom. The molecular weight excluding hydrogens is 470 g/mol. The van der Waals surface area contributed by atoms with E-state index in [1.807, 2.05) is 22.5 Å². The molecule has 1 fully saturated rings. The van der Waals surface area contributed by atoms with Crippen LogP contribution in [0.25, 0.3) is 26.8 Å². The van der Waals surface area contributed by atoms with Gasteiger partial charge in [0.2, 0.25) is 5.91 Å². The zero-order chi connectivity index (χ0) is 24.3. The Morgan fingerprint density at radius 2 is 2.00 bits per heavy atom. The summed E-state index contributed by atoms with van der Waals surface area (Å²) < 4.78 is 1.14. The van der Waals surface area contributed by atoms with Crippen molar-refractivity contribution in [3.63, 3.8) is 0 Å². The van der Waals surface area contributed by atoms with Gasteiger partial charge in [0, 0.05) is 30.9 Å². The predicted molar refractivity (Wildman–Crippen MR) is 145 cm³/mol. The summed E-state index contributed by atoms with van der Waals surface area (Å²) in [5.74, 6) is 1.05. The van der Waals surface area contributed by atoms with E-state index in [0.717, 1.165) is 70.8 Å². The third-order valence-electron chi connectivity index (χ3n) is 7.24. The summed E-state index contributed by atoms with van der Waals surface area (Å²) in [5.41, 5.74) is 6.91. The van der Waals surface area contributed by atoms with Crippen molar-refractivity contribution in [2.75, 3.05) is 38.0 Å². The van der Waals surface area contributed by atoms with E-state index in [-0.39, 0.29) is 5.91 Å². The Balaban J connectivity index is 1.09. The highest BCUT2D eigenvalue weighted by Gasteiger charge is 2.20. The molecule has 0 atom stereocenters. The van der Waals surface area contributed by atoms with Crippen LogP contribution in [0.1, 0.15) is 44.2 Å². The Bertz CT molecular complexity index is 1400. The molecule has 4 aromatic rings. The van der Waals surface area contributed by atoms with Crippen LogP contribution in [0, 0.1) is 0 Å². The second kappa shape index (κ2) is 10.4. The van der Waals surface area contributed by atoms with Gasteiger partial charge in [-0.15, -0.1) is 11.3 Å². The molecular formula is C27H31N7OS. The van der Waals surface area contributed by atoms with E-state index < -0.39 is 0 Å². The summed E-state index contributed by atoms with van der Waals surface area (Å²) in [4.78, 5) is 34.0. The third kappa shape index (κ3) is 4.99. The van der Waals surface area contributed by atoms with Crippen LogP contribution < -0.4 is 5.32 Å². The van der Waals surface area contributed by atoms with Gasteiger partial charge in [0.15, 0.2) is 0 Å². The maximum absolute atomic E-state index is 12.7. The number of nitrogens with zero attached hydrogens (tertiary/aromatic N) is 5. The lowest BCUT2D eigenvalue weighted by Crippen LogP contribution is -2.34. The van der Waals surface area contributed by atoms with Crippen molar-refractivity contribution in [1.29, 1.82) is 0 Å². The van der Waals surface area contributed by atoms with Crippen molar-refractivity contribution in [3.8, 4) is 0 Å². The quantitative estimate of drug-likeness (QED) is 0.323. The van der Waals surface area contributed by atoms with Gasteiger partial charge in [-0.1, -0.05) is 6.08 Å². The molecule has 1 amide bonds. The molecule has 9 heteroatoms. The number of fused-ring (bicyclic) bond motifs is 2. The summed E-state index contributed by atoms with van der Waals surface area (Å²) in [6, 6.07) is 8.24. The van der Waals surface area contributed by atoms with Crippen LogP contribution in [0.3, 0.4) is 0 Å². The van der Waals surface area contributed by atoms with Crippen molar-refractivity contribution in [2.24, 2.45) is 0 Å². The standard InChI is InChI=1S/C27H31N7OS/c35-25(5-1-2-10-33-11-3-4-12-33)34-13-8-19(9-14-34)23-16-21-26(28-17-29-27(21)32-23)31-20-6-7-22-24(15-20)36-18-30-22/h6-8,15-18H,1-5,9-14H2,(H2,28,29,31,32). The summed E-state index contributed by atoms with van der Waals surface area (Å²) >= 11 is 1.62. The highest BCUT2D eigenvalue weighted by Crippen LogP contribution is 2.30. The first-order valence-electron chi connectivity index (χ1n) is 12.9. The molecule has 0 unspecified atom stereocenters. The summed E-state index contributed by atoms with van der Waals surface area (Å²) in [5, 5.41) is 4.39. The molecule has 1 saturated heterocycles. The fourth-order valence-electron chi connectivity index (χ4n) is 5.20. The second-order valence-corrected chi connectivity index (χ2v) is 10.5. The average molecular weight is 502 g/mol. The van der Waals surface area contributed by atoms with Crippen LogP contribution in [0.15, 0.2) is 42.2 Å². The van der Waals surface area contributed by atoms with Gasteiger partial charge in [-0.25, -0.2) is 15.0 Å². The molecule has 186 valence electrons. The first kappa shape index (κ1) is 23.1. The third-order valence-corrected chi connectivity index (χ3v) is 8.03. The normalized spacial score (nSPS) is 16.7. The van der Waals surface area contributed by atoms with Gasteiger partial charge in [0.25, 0.3) is 0 Å². The number of hydrogen-bond acceptors (Lipinski definition) is 7. The zero-order valence-corrected chi connectivity index (χ0v) is 21.2. The number of thiazole rings is 1. The molecule has 0 bridgehead atoms. The number of amides is 1. The van der Waals surface area contributed by atoms with Gasteiger partial charge >= 0.3 is 0 Å². The Morgan fingerprint density at radius 3 is 2.86 bits per heavy atom. The molecule has 6 rings (SSSR count). The number of hydrogen-bond donors (Lipinski definition) is 2. The number of unbranched alkanes of at least 4 members (excludes halogenated alkanes) is 1. The van der Waals surface area contributed by atoms with E-state index in [1.54, 1.807) is 17.7 Å². The van der Waals surface area contributed by atoms with Crippen LogP contribution in [0.2, 0.25) is 0 Å². The van der Waals surface area contributed by atoms with Gasteiger partial charge in [0.05, 0.1) is 21.1 Å². The Labute approximate surface area is 214 Å². The van der Waals surface area contributed by atoms with Gasteiger partial charge in [-0.2, -0.15) is 0 Å². The van der Waals surface area contributed by atoms with Crippen LogP contribution in [0.4, 0.5) is 11.5 Å². The molecule has 2 N–H and O–H groups in total. The lowest BCUT2D eigenvalue weighted by atomic mass is 10.0. The van der Waals surface area contributed by atoms with Crippen LogP contribution >= 0.6 is 11.3 Å². The predicted octanol–water partition coefficient (Wildman–Crippen LogP) is 5.19. The molecule has 0 aliphatic carbocycles. The molecule has 0 radical (unpaired) electrons. The van der Waals surface area contributed by atoms with Crippen molar-refractivity contribution in [1.82, 2.24) is 29.7 Å². The monoisotopic (exact) mass is 501 g/mol. The zero-order valence-electron chi connectivity index (χ0n) is 20.4. The molecule has 0 saturated carbocycles. The summed E-state index contributed by atoms with van der Waals surface area (Å²) in [6.45, 7) is 5.02. The Kier molecular flexibility index (Phi) is 6.65. The first-order chi connectivity index (χ1) is 17.7. The summed E-state index contributed by atoms with van der Waals surface area (Å²) in [6.07, 6.45) is 9.99. The van der Waals surface area contributed by atoms with Crippen LogP contribution in [0.5, 0.6) is 0 Å². The van der Waals surface area contributed by atoms with Gasteiger partial charge in [0.1, 0.15) is 17.8 Å². The molecule has 2 aliphatic rings. The van der Waals surface area contributed by atoms with Gasteiger partial charge in [-0.3, -0.25) is 4.79 Å². The maximum atomic E-state index is 12.7. The number of carbonyl (C=O) groups is 1. The molecule has 2 aliphatic heterocycles. The number of aromatic amines is 1. The molecule has 8 nitrogen and oxygen atoms in total. The topological polar surface area (TPSA) is 90.0 Å². The van der Waals surface area contributed by atoms with Crippen molar-refractivity contribution < 1.29 is 4.79 Å². The number of rotatable bonds is 8. The van der Waals surface area contributed by atoms with E-state index in [4.69, 9.17) is 0 Å². The number of aromatic nitrogens is 4. The van der Waals surface area contributed by atoms with Crippen LogP contribution in [-0.2, 0) is 4.79 Å². The fraction of sp³-hybridized carbons (Fsp3) is 0.407. The van der Waals surface area contributed by atoms with Crippen molar-refractivity contribution >= 4 is 55.6 Å². The number of benzene rings is 1.